The molecule has 90 valence electrons. The SMILES string of the molecule is CNC(c1ccc(F)cc1C)c1nccn1C. The van der Waals surface area contributed by atoms with Crippen LogP contribution in [0.5, 0.6) is 0 Å². The van der Waals surface area contributed by atoms with Crippen molar-refractivity contribution in [1.82, 2.24) is 14.9 Å². The van der Waals surface area contributed by atoms with Crippen molar-refractivity contribution in [3.8, 4) is 0 Å². The van der Waals surface area contributed by atoms with Gasteiger partial charge in [-0.3, -0.25) is 0 Å². The second-order valence-corrected chi connectivity index (χ2v) is 4.12. The minimum absolute atomic E-state index is 0.0180. The lowest BCUT2D eigenvalue weighted by Crippen LogP contribution is -2.22. The molecule has 2 rings (SSSR count). The van der Waals surface area contributed by atoms with Gasteiger partial charge < -0.3 is 9.88 Å². The van der Waals surface area contributed by atoms with Crippen LogP contribution in [0.2, 0.25) is 0 Å². The van der Waals surface area contributed by atoms with Crippen LogP contribution in [-0.4, -0.2) is 16.6 Å². The molecule has 0 fully saturated rings. The third kappa shape index (κ3) is 2.22. The van der Waals surface area contributed by atoms with Gasteiger partial charge >= 0.3 is 0 Å². The first-order chi connectivity index (χ1) is 8.13. The molecule has 0 radical (unpaired) electrons. The molecule has 0 aliphatic carbocycles. The van der Waals surface area contributed by atoms with Crippen LogP contribution < -0.4 is 5.32 Å². The van der Waals surface area contributed by atoms with Crippen molar-refractivity contribution in [1.29, 1.82) is 0 Å². The largest absolute Gasteiger partial charge is 0.336 e. The van der Waals surface area contributed by atoms with Crippen LogP contribution in [0.15, 0.2) is 30.6 Å². The Morgan fingerprint density at radius 2 is 2.18 bits per heavy atom. The Bertz CT molecular complexity index is 519. The molecule has 0 spiro atoms. The van der Waals surface area contributed by atoms with Crippen molar-refractivity contribution >= 4 is 0 Å². The van der Waals surface area contributed by atoms with E-state index in [0.29, 0.717) is 0 Å². The minimum Gasteiger partial charge on any atom is -0.336 e. The third-order valence-corrected chi connectivity index (χ3v) is 2.95. The van der Waals surface area contributed by atoms with E-state index in [2.05, 4.69) is 10.3 Å². The van der Waals surface area contributed by atoms with Gasteiger partial charge in [0, 0.05) is 19.4 Å². The Morgan fingerprint density at radius 1 is 1.41 bits per heavy atom. The molecule has 2 aromatic rings. The summed E-state index contributed by atoms with van der Waals surface area (Å²) in [7, 11) is 3.83. The highest BCUT2D eigenvalue weighted by molar-refractivity contribution is 5.33. The van der Waals surface area contributed by atoms with Crippen molar-refractivity contribution in [3.63, 3.8) is 0 Å². The first-order valence-corrected chi connectivity index (χ1v) is 5.54. The number of aryl methyl sites for hydroxylation is 2. The number of nitrogens with one attached hydrogen (secondary N) is 1. The van der Waals surface area contributed by atoms with Gasteiger partial charge in [-0.05, 0) is 37.2 Å². The van der Waals surface area contributed by atoms with Crippen molar-refractivity contribution in [2.75, 3.05) is 7.05 Å². The molecule has 17 heavy (non-hydrogen) atoms. The highest BCUT2D eigenvalue weighted by Crippen LogP contribution is 2.23. The van der Waals surface area contributed by atoms with Crippen LogP contribution in [0.25, 0.3) is 0 Å². The predicted octanol–water partition coefficient (Wildman–Crippen LogP) is 2.18. The van der Waals surface area contributed by atoms with E-state index in [9.17, 15) is 4.39 Å². The number of rotatable bonds is 3. The fourth-order valence-electron chi connectivity index (χ4n) is 2.04. The number of aromatic nitrogens is 2. The molecule has 1 aromatic heterocycles. The Labute approximate surface area is 100 Å². The van der Waals surface area contributed by atoms with Gasteiger partial charge in [0.05, 0.1) is 6.04 Å². The first-order valence-electron chi connectivity index (χ1n) is 5.54. The van der Waals surface area contributed by atoms with Gasteiger partial charge in [0.15, 0.2) is 0 Å². The van der Waals surface area contributed by atoms with Crippen molar-refractivity contribution in [2.45, 2.75) is 13.0 Å². The molecule has 1 heterocycles. The number of imidazole rings is 1. The van der Waals surface area contributed by atoms with E-state index in [1.54, 1.807) is 18.3 Å². The molecule has 0 saturated carbocycles. The van der Waals surface area contributed by atoms with Gasteiger partial charge in [-0.1, -0.05) is 6.07 Å². The van der Waals surface area contributed by atoms with Crippen LogP contribution in [0, 0.1) is 12.7 Å². The van der Waals surface area contributed by atoms with Gasteiger partial charge in [-0.25, -0.2) is 9.37 Å². The van der Waals surface area contributed by atoms with E-state index >= 15 is 0 Å². The smallest absolute Gasteiger partial charge is 0.130 e. The lowest BCUT2D eigenvalue weighted by atomic mass is 10.0. The Hall–Kier alpha value is -1.68. The number of hydrogen-bond acceptors (Lipinski definition) is 2. The molecule has 1 unspecified atom stereocenters. The van der Waals surface area contributed by atoms with Gasteiger partial charge in [0.1, 0.15) is 11.6 Å². The lowest BCUT2D eigenvalue weighted by Gasteiger charge is -2.18. The number of hydrogen-bond donors (Lipinski definition) is 1. The topological polar surface area (TPSA) is 29.9 Å². The van der Waals surface area contributed by atoms with Gasteiger partial charge in [-0.15, -0.1) is 0 Å². The van der Waals surface area contributed by atoms with Crippen molar-refractivity contribution < 1.29 is 4.39 Å². The quantitative estimate of drug-likeness (QED) is 0.880. The van der Waals surface area contributed by atoms with Crippen molar-refractivity contribution in [2.24, 2.45) is 7.05 Å². The summed E-state index contributed by atoms with van der Waals surface area (Å²) in [5.41, 5.74) is 1.97. The summed E-state index contributed by atoms with van der Waals surface area (Å²) in [6.45, 7) is 1.91. The van der Waals surface area contributed by atoms with Crippen LogP contribution in [-0.2, 0) is 7.05 Å². The number of halogens is 1. The lowest BCUT2D eigenvalue weighted by molar-refractivity contribution is 0.602. The van der Waals surface area contributed by atoms with Gasteiger partial charge in [0.2, 0.25) is 0 Å². The summed E-state index contributed by atoms with van der Waals surface area (Å²) in [5.74, 6) is 0.711. The molecule has 0 aliphatic heterocycles. The fraction of sp³-hybridized carbons (Fsp3) is 0.308. The Kier molecular flexibility index (Phi) is 3.24. The molecular formula is C13H16FN3. The van der Waals surface area contributed by atoms with E-state index in [1.807, 2.05) is 31.8 Å². The second-order valence-electron chi connectivity index (χ2n) is 4.12. The van der Waals surface area contributed by atoms with Crippen LogP contribution >= 0.6 is 0 Å². The molecular weight excluding hydrogens is 217 g/mol. The first kappa shape index (κ1) is 11.8. The highest BCUT2D eigenvalue weighted by atomic mass is 19.1. The Balaban J connectivity index is 2.46. The molecule has 1 atom stereocenters. The summed E-state index contributed by atoms with van der Waals surface area (Å²) in [4.78, 5) is 4.33. The number of benzene rings is 1. The molecule has 0 bridgehead atoms. The molecule has 0 aliphatic rings. The average molecular weight is 233 g/mol. The van der Waals surface area contributed by atoms with Crippen LogP contribution in [0.4, 0.5) is 4.39 Å². The zero-order valence-electron chi connectivity index (χ0n) is 10.2. The van der Waals surface area contributed by atoms with Gasteiger partial charge in [-0.2, -0.15) is 0 Å². The summed E-state index contributed by atoms with van der Waals surface area (Å²) in [5, 5.41) is 3.22. The van der Waals surface area contributed by atoms with E-state index < -0.39 is 0 Å². The minimum atomic E-state index is -0.207. The van der Waals surface area contributed by atoms with Crippen LogP contribution in [0.3, 0.4) is 0 Å². The van der Waals surface area contributed by atoms with Crippen LogP contribution in [0.1, 0.15) is 23.0 Å². The predicted molar refractivity (Wildman–Crippen MR) is 65.2 cm³/mol. The third-order valence-electron chi connectivity index (χ3n) is 2.95. The summed E-state index contributed by atoms with van der Waals surface area (Å²) in [6, 6.07) is 4.81. The molecule has 4 heteroatoms. The Morgan fingerprint density at radius 3 is 2.71 bits per heavy atom. The summed E-state index contributed by atoms with van der Waals surface area (Å²) >= 11 is 0. The maximum absolute atomic E-state index is 13.1. The summed E-state index contributed by atoms with van der Waals surface area (Å²) < 4.78 is 15.1. The molecule has 0 saturated heterocycles. The highest BCUT2D eigenvalue weighted by Gasteiger charge is 2.18. The zero-order chi connectivity index (χ0) is 12.4. The van der Waals surface area contributed by atoms with E-state index in [4.69, 9.17) is 0 Å². The zero-order valence-corrected chi connectivity index (χ0v) is 10.2. The molecule has 1 aromatic carbocycles. The molecule has 0 amide bonds. The maximum atomic E-state index is 13.1. The van der Waals surface area contributed by atoms with Crippen molar-refractivity contribution in [3.05, 3.63) is 53.4 Å². The standard InChI is InChI=1S/C13H16FN3/c1-9-8-10(14)4-5-11(9)12(15-2)13-16-6-7-17(13)3/h4-8,12,15H,1-3H3. The number of nitrogens with zero attached hydrogens (tertiary/aromatic N) is 2. The monoisotopic (exact) mass is 233 g/mol. The summed E-state index contributed by atoms with van der Waals surface area (Å²) in [6.07, 6.45) is 3.66. The molecule has 1 N–H and O–H groups in total. The maximum Gasteiger partial charge on any atom is 0.130 e. The van der Waals surface area contributed by atoms with E-state index in [0.717, 1.165) is 17.0 Å². The normalized spacial score (nSPS) is 12.7. The second kappa shape index (κ2) is 4.67. The van der Waals surface area contributed by atoms with E-state index in [-0.39, 0.29) is 11.9 Å². The molecule has 3 nitrogen and oxygen atoms in total. The average Bonchev–Trinajstić information content (AvgIpc) is 2.69. The van der Waals surface area contributed by atoms with E-state index in [1.165, 1.54) is 6.07 Å². The fourth-order valence-corrected chi connectivity index (χ4v) is 2.04. The van der Waals surface area contributed by atoms with Gasteiger partial charge in [0.25, 0.3) is 0 Å².